The Morgan fingerprint density at radius 2 is 1.96 bits per heavy atom. The van der Waals surface area contributed by atoms with Crippen molar-refractivity contribution in [1.82, 2.24) is 15.3 Å². The number of carbonyl (C=O) groups excluding carboxylic acids is 2. The first kappa shape index (κ1) is 19.4. The van der Waals surface area contributed by atoms with E-state index in [1.807, 2.05) is 0 Å². The van der Waals surface area contributed by atoms with Gasteiger partial charge in [0.25, 0.3) is 0 Å². The number of nitrogens with two attached hydrogens (primary N) is 1. The first-order chi connectivity index (χ1) is 11.4. The lowest BCUT2D eigenvalue weighted by molar-refractivity contribution is -0.129. The largest absolute Gasteiger partial charge is 0.476 e. The predicted molar refractivity (Wildman–Crippen MR) is 95.1 cm³/mol. The number of carboxylic acids is 1. The van der Waals surface area contributed by atoms with E-state index in [4.69, 9.17) is 10.8 Å². The molecular formula is C14H15ClN4O4S2. The van der Waals surface area contributed by atoms with Gasteiger partial charge < -0.3 is 16.2 Å². The van der Waals surface area contributed by atoms with Crippen LogP contribution < -0.4 is 11.1 Å². The molecule has 1 amide bonds. The monoisotopic (exact) mass is 402 g/mol. The van der Waals surface area contributed by atoms with E-state index in [1.165, 1.54) is 28.1 Å². The van der Waals surface area contributed by atoms with Gasteiger partial charge in [-0.15, -0.1) is 35.1 Å². The van der Waals surface area contributed by atoms with Crippen LogP contribution in [0.1, 0.15) is 34.8 Å². The van der Waals surface area contributed by atoms with Gasteiger partial charge in [0.15, 0.2) is 11.5 Å². The summed E-state index contributed by atoms with van der Waals surface area (Å²) in [5.41, 5.74) is 5.50. The van der Waals surface area contributed by atoms with Gasteiger partial charge in [0.05, 0.1) is 18.5 Å². The highest BCUT2D eigenvalue weighted by atomic mass is 35.5. The third kappa shape index (κ3) is 4.60. The van der Waals surface area contributed by atoms with Crippen molar-refractivity contribution < 1.29 is 19.5 Å². The quantitative estimate of drug-likeness (QED) is 0.596. The standard InChI is InChI=1S/C14H14N4O4S2.ClH/c15-14(1-2-14)9(19)3-10(20)16-4-11-17-7(5-23-11)12-18-8(6-24-12)13(21)22;/h5-6H,1-4,15H2,(H,16,20)(H,21,22);1H. The molecule has 11 heteroatoms. The third-order valence-corrected chi connectivity index (χ3v) is 5.31. The molecule has 0 saturated heterocycles. The summed E-state index contributed by atoms with van der Waals surface area (Å²) in [6.45, 7) is 0.200. The van der Waals surface area contributed by atoms with Gasteiger partial charge in [-0.1, -0.05) is 0 Å². The van der Waals surface area contributed by atoms with Crippen LogP contribution in [0.5, 0.6) is 0 Å². The van der Waals surface area contributed by atoms with E-state index in [1.54, 1.807) is 5.38 Å². The molecule has 134 valence electrons. The van der Waals surface area contributed by atoms with Crippen LogP contribution in [0.4, 0.5) is 0 Å². The summed E-state index contributed by atoms with van der Waals surface area (Å²) < 4.78 is 0. The summed E-state index contributed by atoms with van der Waals surface area (Å²) in [5.74, 6) is -1.70. The van der Waals surface area contributed by atoms with Crippen LogP contribution in [0.2, 0.25) is 0 Å². The third-order valence-electron chi connectivity index (χ3n) is 3.60. The van der Waals surface area contributed by atoms with Crippen molar-refractivity contribution >= 4 is 52.7 Å². The smallest absolute Gasteiger partial charge is 0.355 e. The van der Waals surface area contributed by atoms with Crippen molar-refractivity contribution in [1.29, 1.82) is 0 Å². The molecule has 25 heavy (non-hydrogen) atoms. The lowest BCUT2D eigenvalue weighted by Gasteiger charge is -2.07. The van der Waals surface area contributed by atoms with Gasteiger partial charge in [-0.25, -0.2) is 14.8 Å². The Kier molecular flexibility index (Phi) is 5.88. The second-order valence-electron chi connectivity index (χ2n) is 5.50. The second-order valence-corrected chi connectivity index (χ2v) is 7.30. The molecule has 3 rings (SSSR count). The fourth-order valence-corrected chi connectivity index (χ4v) is 3.50. The Morgan fingerprint density at radius 3 is 2.56 bits per heavy atom. The molecule has 0 aromatic carbocycles. The highest BCUT2D eigenvalue weighted by Crippen LogP contribution is 2.34. The zero-order valence-corrected chi connectivity index (χ0v) is 15.3. The fraction of sp³-hybridized carbons (Fsp3) is 0.357. The van der Waals surface area contributed by atoms with Gasteiger partial charge >= 0.3 is 5.97 Å². The van der Waals surface area contributed by atoms with Crippen molar-refractivity contribution in [2.75, 3.05) is 0 Å². The number of nitrogens with zero attached hydrogens (tertiary/aromatic N) is 2. The van der Waals surface area contributed by atoms with Gasteiger partial charge in [0.2, 0.25) is 5.91 Å². The first-order valence-electron chi connectivity index (χ1n) is 7.10. The molecule has 0 radical (unpaired) electrons. The number of Topliss-reactive ketones (excluding diaryl/α,β-unsaturated/α-hetero) is 1. The van der Waals surface area contributed by atoms with Gasteiger partial charge in [0.1, 0.15) is 15.7 Å². The first-order valence-corrected chi connectivity index (χ1v) is 8.86. The van der Waals surface area contributed by atoms with Crippen molar-refractivity contribution in [2.24, 2.45) is 5.73 Å². The summed E-state index contributed by atoms with van der Waals surface area (Å²) in [6.07, 6.45) is 1.06. The minimum absolute atomic E-state index is 0. The van der Waals surface area contributed by atoms with Crippen LogP contribution in [-0.2, 0) is 16.1 Å². The summed E-state index contributed by atoms with van der Waals surface area (Å²) in [6, 6.07) is 0. The van der Waals surface area contributed by atoms with Gasteiger partial charge in [-0.2, -0.15) is 0 Å². The van der Waals surface area contributed by atoms with Crippen LogP contribution in [0.3, 0.4) is 0 Å². The van der Waals surface area contributed by atoms with Crippen LogP contribution in [0.25, 0.3) is 10.7 Å². The Labute approximate surface area is 156 Å². The number of nitrogens with one attached hydrogen (secondary N) is 1. The highest BCUT2D eigenvalue weighted by Gasteiger charge is 2.45. The van der Waals surface area contributed by atoms with Gasteiger partial charge in [0, 0.05) is 10.8 Å². The van der Waals surface area contributed by atoms with E-state index < -0.39 is 11.5 Å². The number of carbonyl (C=O) groups is 3. The van der Waals surface area contributed by atoms with E-state index in [2.05, 4.69) is 15.3 Å². The molecule has 0 bridgehead atoms. The lowest BCUT2D eigenvalue weighted by atomic mass is 10.1. The number of carboxylic acid groups (broad SMARTS) is 1. The van der Waals surface area contributed by atoms with E-state index in [9.17, 15) is 14.4 Å². The number of rotatable bonds is 7. The molecule has 0 aliphatic heterocycles. The Balaban J connectivity index is 0.00000225. The van der Waals surface area contributed by atoms with E-state index in [-0.39, 0.29) is 42.8 Å². The molecule has 4 N–H and O–H groups in total. The average Bonchev–Trinajstić information content (AvgIpc) is 2.96. The van der Waals surface area contributed by atoms with Crippen LogP contribution in [-0.4, -0.2) is 38.3 Å². The molecule has 2 aromatic heterocycles. The molecule has 2 aromatic rings. The van der Waals surface area contributed by atoms with Crippen molar-refractivity contribution in [2.45, 2.75) is 31.3 Å². The lowest BCUT2D eigenvalue weighted by Crippen LogP contribution is -2.37. The number of ketones is 1. The molecule has 8 nitrogen and oxygen atoms in total. The summed E-state index contributed by atoms with van der Waals surface area (Å²) in [5, 5.41) is 15.9. The average molecular weight is 403 g/mol. The van der Waals surface area contributed by atoms with Crippen molar-refractivity contribution in [3.05, 3.63) is 21.5 Å². The molecule has 1 aliphatic rings. The Hall–Kier alpha value is -1.88. The van der Waals surface area contributed by atoms with Crippen LogP contribution in [0, 0.1) is 0 Å². The zero-order valence-electron chi connectivity index (χ0n) is 12.9. The Bertz CT molecular complexity index is 815. The fourth-order valence-electron chi connectivity index (χ4n) is 1.95. The normalized spacial score (nSPS) is 14.4. The molecule has 2 heterocycles. The second kappa shape index (κ2) is 7.56. The Morgan fingerprint density at radius 1 is 1.24 bits per heavy atom. The van der Waals surface area contributed by atoms with E-state index in [0.29, 0.717) is 28.6 Å². The summed E-state index contributed by atoms with van der Waals surface area (Å²) in [4.78, 5) is 42.6. The SMILES string of the molecule is Cl.NC1(C(=O)CC(=O)NCc2nc(-c3nc(C(=O)O)cs3)cs2)CC1. The molecular weight excluding hydrogens is 388 g/mol. The van der Waals surface area contributed by atoms with Gasteiger partial charge in [-0.05, 0) is 12.8 Å². The number of halogens is 1. The van der Waals surface area contributed by atoms with E-state index >= 15 is 0 Å². The number of hydrogen-bond acceptors (Lipinski definition) is 8. The number of aromatic nitrogens is 2. The number of hydrogen-bond donors (Lipinski definition) is 3. The minimum atomic E-state index is -1.08. The minimum Gasteiger partial charge on any atom is -0.476 e. The van der Waals surface area contributed by atoms with Gasteiger partial charge in [-0.3, -0.25) is 9.59 Å². The summed E-state index contributed by atoms with van der Waals surface area (Å²) >= 11 is 2.52. The number of thiazole rings is 2. The topological polar surface area (TPSA) is 135 Å². The predicted octanol–water partition coefficient (Wildman–Crippen LogP) is 1.45. The zero-order chi connectivity index (χ0) is 17.3. The van der Waals surface area contributed by atoms with Crippen molar-refractivity contribution in [3.63, 3.8) is 0 Å². The van der Waals surface area contributed by atoms with E-state index in [0.717, 1.165) is 0 Å². The summed E-state index contributed by atoms with van der Waals surface area (Å²) in [7, 11) is 0. The highest BCUT2D eigenvalue weighted by molar-refractivity contribution is 7.14. The number of amides is 1. The molecule has 0 atom stereocenters. The maximum Gasteiger partial charge on any atom is 0.355 e. The van der Waals surface area contributed by atoms with Crippen LogP contribution >= 0.6 is 35.1 Å². The maximum absolute atomic E-state index is 11.8. The molecule has 0 unspecified atom stereocenters. The van der Waals surface area contributed by atoms with Crippen LogP contribution in [0.15, 0.2) is 10.8 Å². The molecule has 0 spiro atoms. The molecule has 1 fully saturated rings. The molecule has 1 saturated carbocycles. The molecule has 1 aliphatic carbocycles. The van der Waals surface area contributed by atoms with Crippen molar-refractivity contribution in [3.8, 4) is 10.7 Å². The number of aromatic carboxylic acids is 1. The maximum atomic E-state index is 11.8.